The van der Waals surface area contributed by atoms with Crippen LogP contribution in [-0.4, -0.2) is 43.8 Å². The zero-order valence-corrected chi connectivity index (χ0v) is 22.5. The predicted octanol–water partition coefficient (Wildman–Crippen LogP) is 4.77. The second-order valence-electron chi connectivity index (χ2n) is 10.1. The molecule has 0 aliphatic carbocycles. The van der Waals surface area contributed by atoms with Crippen LogP contribution in [0.4, 0.5) is 11.4 Å². The van der Waals surface area contributed by atoms with E-state index >= 15 is 0 Å². The highest BCUT2D eigenvalue weighted by molar-refractivity contribution is 5.97. The molecule has 0 aliphatic heterocycles. The number of nitrogens with zero attached hydrogens (tertiary/aromatic N) is 1. The van der Waals surface area contributed by atoms with Crippen molar-refractivity contribution in [3.05, 3.63) is 52.1 Å². The molecule has 0 heterocycles. The zero-order valence-electron chi connectivity index (χ0n) is 22.5. The van der Waals surface area contributed by atoms with Crippen molar-refractivity contribution >= 4 is 29.1 Å². The first-order valence-electron chi connectivity index (χ1n) is 11.9. The van der Waals surface area contributed by atoms with Crippen LogP contribution in [0.2, 0.25) is 0 Å². The van der Waals surface area contributed by atoms with Gasteiger partial charge in [-0.05, 0) is 59.2 Å². The Morgan fingerprint density at radius 3 is 2.11 bits per heavy atom. The molecule has 0 aromatic heterocycles. The van der Waals surface area contributed by atoms with Gasteiger partial charge in [0.25, 0.3) is 0 Å². The Balaban J connectivity index is 2.44. The second-order valence-corrected chi connectivity index (χ2v) is 10.1. The van der Waals surface area contributed by atoms with Gasteiger partial charge in [-0.15, -0.1) is 0 Å². The number of ether oxygens (including phenoxy) is 1. The van der Waals surface area contributed by atoms with Gasteiger partial charge in [-0.2, -0.15) is 0 Å². The number of hydrogen-bond donors (Lipinski definition) is 2. The lowest BCUT2D eigenvalue weighted by Gasteiger charge is -2.24. The van der Waals surface area contributed by atoms with Crippen molar-refractivity contribution in [2.24, 2.45) is 0 Å². The third-order valence-corrected chi connectivity index (χ3v) is 5.99. The summed E-state index contributed by atoms with van der Waals surface area (Å²) in [6.45, 7) is 11.8. The standard InChI is InChI=1S/C28H39N3O4/c1-10-24(32)29-22-13-17(2)27(35-9)18(3)20(22)16-25(33)30-23-14-19(15-26(34)31(7)8)11-12-21(23)28(4,5)6/h11-14H,10,15-16H2,1-9H3,(H,29,32)(H,30,33). The van der Waals surface area contributed by atoms with E-state index < -0.39 is 0 Å². The molecule has 0 atom stereocenters. The molecule has 0 saturated heterocycles. The minimum atomic E-state index is -0.215. The molecule has 190 valence electrons. The van der Waals surface area contributed by atoms with Crippen LogP contribution >= 0.6 is 0 Å². The van der Waals surface area contributed by atoms with E-state index in [0.717, 1.165) is 22.3 Å². The van der Waals surface area contributed by atoms with E-state index in [4.69, 9.17) is 4.74 Å². The first kappa shape index (κ1) is 27.9. The van der Waals surface area contributed by atoms with E-state index in [1.807, 2.05) is 38.1 Å². The largest absolute Gasteiger partial charge is 0.496 e. The van der Waals surface area contributed by atoms with E-state index in [1.54, 1.807) is 33.0 Å². The summed E-state index contributed by atoms with van der Waals surface area (Å²) in [5.74, 6) is 0.350. The average molecular weight is 482 g/mol. The lowest BCUT2D eigenvalue weighted by Crippen LogP contribution is -2.24. The molecule has 2 rings (SSSR count). The van der Waals surface area contributed by atoms with E-state index in [9.17, 15) is 14.4 Å². The van der Waals surface area contributed by atoms with Crippen molar-refractivity contribution in [3.63, 3.8) is 0 Å². The number of carbonyl (C=O) groups is 3. The summed E-state index contributed by atoms with van der Waals surface area (Å²) in [5.41, 5.74) is 5.30. The molecular formula is C28H39N3O4. The minimum Gasteiger partial charge on any atom is -0.496 e. The van der Waals surface area contributed by atoms with Crippen molar-refractivity contribution in [2.75, 3.05) is 31.8 Å². The molecule has 2 aromatic rings. The summed E-state index contributed by atoms with van der Waals surface area (Å²) in [6, 6.07) is 7.63. The third kappa shape index (κ3) is 7.07. The predicted molar refractivity (Wildman–Crippen MR) is 141 cm³/mol. The lowest BCUT2D eigenvalue weighted by atomic mass is 9.84. The van der Waals surface area contributed by atoms with E-state index in [2.05, 4.69) is 31.4 Å². The fourth-order valence-electron chi connectivity index (χ4n) is 4.04. The summed E-state index contributed by atoms with van der Waals surface area (Å²) < 4.78 is 5.56. The Morgan fingerprint density at radius 1 is 0.943 bits per heavy atom. The molecule has 0 radical (unpaired) electrons. The van der Waals surface area contributed by atoms with Crippen LogP contribution in [0, 0.1) is 13.8 Å². The van der Waals surface area contributed by atoms with Gasteiger partial charge in [0.15, 0.2) is 0 Å². The summed E-state index contributed by atoms with van der Waals surface area (Å²) in [7, 11) is 5.04. The van der Waals surface area contributed by atoms with E-state index in [-0.39, 0.29) is 36.0 Å². The Morgan fingerprint density at radius 2 is 1.57 bits per heavy atom. The van der Waals surface area contributed by atoms with Gasteiger partial charge >= 0.3 is 0 Å². The van der Waals surface area contributed by atoms with Crippen molar-refractivity contribution in [2.45, 2.75) is 66.2 Å². The van der Waals surface area contributed by atoms with Crippen LogP contribution in [0.1, 0.15) is 61.9 Å². The van der Waals surface area contributed by atoms with Crippen molar-refractivity contribution in [3.8, 4) is 5.75 Å². The number of methoxy groups -OCH3 is 1. The third-order valence-electron chi connectivity index (χ3n) is 5.99. The maximum Gasteiger partial charge on any atom is 0.228 e. The normalized spacial score (nSPS) is 11.1. The fraction of sp³-hybridized carbons (Fsp3) is 0.464. The summed E-state index contributed by atoms with van der Waals surface area (Å²) in [6.07, 6.45) is 0.650. The van der Waals surface area contributed by atoms with Crippen molar-refractivity contribution in [1.29, 1.82) is 0 Å². The van der Waals surface area contributed by atoms with Crippen LogP contribution in [0.15, 0.2) is 24.3 Å². The molecule has 2 N–H and O–H groups in total. The lowest BCUT2D eigenvalue weighted by molar-refractivity contribution is -0.128. The Bertz CT molecular complexity index is 1110. The number of hydrogen-bond acceptors (Lipinski definition) is 4. The smallest absolute Gasteiger partial charge is 0.228 e. The molecule has 2 aromatic carbocycles. The molecule has 35 heavy (non-hydrogen) atoms. The molecule has 7 nitrogen and oxygen atoms in total. The summed E-state index contributed by atoms with van der Waals surface area (Å²) in [5, 5.41) is 5.99. The van der Waals surface area contributed by atoms with E-state index in [0.29, 0.717) is 29.1 Å². The first-order chi connectivity index (χ1) is 16.3. The highest BCUT2D eigenvalue weighted by Gasteiger charge is 2.22. The number of benzene rings is 2. The monoisotopic (exact) mass is 481 g/mol. The topological polar surface area (TPSA) is 87.7 Å². The van der Waals surface area contributed by atoms with Gasteiger partial charge in [-0.1, -0.05) is 39.8 Å². The van der Waals surface area contributed by atoms with Crippen LogP contribution in [0.3, 0.4) is 0 Å². The fourth-order valence-corrected chi connectivity index (χ4v) is 4.04. The molecule has 0 aliphatic rings. The van der Waals surface area contributed by atoms with Crippen molar-refractivity contribution < 1.29 is 19.1 Å². The number of carbonyl (C=O) groups excluding carboxylic acids is 3. The van der Waals surface area contributed by atoms with Gasteiger partial charge in [0.05, 0.1) is 20.0 Å². The van der Waals surface area contributed by atoms with Crippen LogP contribution in [-0.2, 0) is 32.6 Å². The zero-order chi connectivity index (χ0) is 26.5. The van der Waals surface area contributed by atoms with Gasteiger partial charge < -0.3 is 20.3 Å². The molecule has 7 heteroatoms. The quantitative estimate of drug-likeness (QED) is 0.569. The highest BCUT2D eigenvalue weighted by Crippen LogP contribution is 2.34. The van der Waals surface area contributed by atoms with Gasteiger partial charge in [-0.3, -0.25) is 14.4 Å². The molecule has 3 amide bonds. The molecule has 0 unspecified atom stereocenters. The Kier molecular flexibility index (Phi) is 9.07. The maximum absolute atomic E-state index is 13.3. The van der Waals surface area contributed by atoms with Gasteiger partial charge in [-0.25, -0.2) is 0 Å². The summed E-state index contributed by atoms with van der Waals surface area (Å²) >= 11 is 0. The highest BCUT2D eigenvalue weighted by atomic mass is 16.5. The average Bonchev–Trinajstić information content (AvgIpc) is 2.75. The van der Waals surface area contributed by atoms with Crippen molar-refractivity contribution in [1.82, 2.24) is 4.90 Å². The number of nitrogens with one attached hydrogen (secondary N) is 2. The molecule has 0 fully saturated rings. The first-order valence-corrected chi connectivity index (χ1v) is 11.9. The molecule has 0 spiro atoms. The van der Waals surface area contributed by atoms with Crippen LogP contribution in [0.25, 0.3) is 0 Å². The minimum absolute atomic E-state index is 0.00975. The Labute approximate surface area is 209 Å². The van der Waals surface area contributed by atoms with Gasteiger partial charge in [0.2, 0.25) is 17.7 Å². The molecular weight excluding hydrogens is 442 g/mol. The number of likely N-dealkylation sites (N-methyl/N-ethyl adjacent to an activating group) is 1. The van der Waals surface area contributed by atoms with Crippen LogP contribution in [0.5, 0.6) is 5.75 Å². The number of amides is 3. The van der Waals surface area contributed by atoms with E-state index in [1.165, 1.54) is 0 Å². The number of aryl methyl sites for hydroxylation is 1. The second kappa shape index (κ2) is 11.4. The SMILES string of the molecule is CCC(=O)Nc1cc(C)c(OC)c(C)c1CC(=O)Nc1cc(CC(=O)N(C)C)ccc1C(C)(C)C. The van der Waals surface area contributed by atoms with Gasteiger partial charge in [0.1, 0.15) is 5.75 Å². The Hall–Kier alpha value is -3.35. The maximum atomic E-state index is 13.3. The molecule has 0 saturated carbocycles. The number of anilines is 2. The molecule has 0 bridgehead atoms. The summed E-state index contributed by atoms with van der Waals surface area (Å²) in [4.78, 5) is 39.2. The number of rotatable bonds is 8. The van der Waals surface area contributed by atoms with Gasteiger partial charge in [0, 0.05) is 31.9 Å². The van der Waals surface area contributed by atoms with Crippen LogP contribution < -0.4 is 15.4 Å².